The van der Waals surface area contributed by atoms with E-state index in [1.807, 2.05) is 6.92 Å². The lowest BCUT2D eigenvalue weighted by Crippen LogP contribution is -2.01. The van der Waals surface area contributed by atoms with Crippen molar-refractivity contribution in [3.05, 3.63) is 33.9 Å². The molecule has 17 heavy (non-hydrogen) atoms. The van der Waals surface area contributed by atoms with Gasteiger partial charge in [-0.1, -0.05) is 19.4 Å². The molecule has 5 nitrogen and oxygen atoms in total. The second kappa shape index (κ2) is 6.20. The molecule has 1 aromatic rings. The third-order valence-corrected chi connectivity index (χ3v) is 2.43. The Balaban J connectivity index is 3.04. The number of rotatable bonds is 6. The molecule has 1 unspecified atom stereocenters. The van der Waals surface area contributed by atoms with Gasteiger partial charge in [0, 0.05) is 6.07 Å². The minimum Gasteiger partial charge on any atom is -0.487 e. The average molecular weight is 239 g/mol. The molecule has 0 aliphatic carbocycles. The number of hydrogen-bond donors (Lipinski definition) is 1. The zero-order valence-electron chi connectivity index (χ0n) is 10.0. The summed E-state index contributed by atoms with van der Waals surface area (Å²) in [5.41, 5.74) is 0.460. The maximum Gasteiger partial charge on any atom is 0.311 e. The van der Waals surface area contributed by atoms with Crippen LogP contribution in [0.25, 0.3) is 0 Å². The van der Waals surface area contributed by atoms with E-state index >= 15 is 0 Å². The van der Waals surface area contributed by atoms with Crippen molar-refractivity contribution in [2.24, 2.45) is 0 Å². The van der Waals surface area contributed by atoms with Crippen molar-refractivity contribution >= 4 is 5.69 Å². The van der Waals surface area contributed by atoms with Crippen LogP contribution in [0.3, 0.4) is 0 Å². The molecule has 0 bridgehead atoms. The van der Waals surface area contributed by atoms with E-state index in [0.29, 0.717) is 18.6 Å². The van der Waals surface area contributed by atoms with Crippen LogP contribution in [0.1, 0.15) is 38.4 Å². The van der Waals surface area contributed by atoms with Crippen LogP contribution in [0, 0.1) is 10.1 Å². The number of hydrogen-bond acceptors (Lipinski definition) is 4. The number of aliphatic hydroxyl groups excluding tert-OH is 1. The van der Waals surface area contributed by atoms with Gasteiger partial charge in [-0.25, -0.2) is 0 Å². The van der Waals surface area contributed by atoms with E-state index in [4.69, 9.17) is 4.74 Å². The standard InChI is InChI=1S/C12H17NO4/c1-3-5-11(14)9-6-7-12(17-4-2)10(8-9)13(15)16/h6-8,11,14H,3-5H2,1-2H3. The summed E-state index contributed by atoms with van der Waals surface area (Å²) in [6.45, 7) is 4.09. The number of nitro benzene ring substituents is 1. The molecule has 0 fully saturated rings. The molecule has 0 aliphatic rings. The van der Waals surface area contributed by atoms with Gasteiger partial charge in [-0.3, -0.25) is 10.1 Å². The molecule has 0 aromatic heterocycles. The third-order valence-electron chi connectivity index (χ3n) is 2.43. The topological polar surface area (TPSA) is 72.6 Å². The molecule has 1 rings (SSSR count). The maximum atomic E-state index is 10.9. The van der Waals surface area contributed by atoms with Gasteiger partial charge in [-0.2, -0.15) is 0 Å². The van der Waals surface area contributed by atoms with Gasteiger partial charge in [-0.15, -0.1) is 0 Å². The van der Waals surface area contributed by atoms with Crippen LogP contribution in [0.2, 0.25) is 0 Å². The molecule has 0 saturated carbocycles. The number of aliphatic hydroxyl groups is 1. The maximum absolute atomic E-state index is 10.9. The molecule has 0 aliphatic heterocycles. The van der Waals surface area contributed by atoms with Crippen molar-refractivity contribution in [1.82, 2.24) is 0 Å². The van der Waals surface area contributed by atoms with E-state index in [2.05, 4.69) is 0 Å². The van der Waals surface area contributed by atoms with Crippen molar-refractivity contribution in [3.63, 3.8) is 0 Å². The lowest BCUT2D eigenvalue weighted by molar-refractivity contribution is -0.386. The molecule has 1 aromatic carbocycles. The van der Waals surface area contributed by atoms with Crippen LogP contribution in [0.15, 0.2) is 18.2 Å². The number of nitro groups is 1. The first-order chi connectivity index (χ1) is 8.10. The summed E-state index contributed by atoms with van der Waals surface area (Å²) in [6, 6.07) is 4.58. The Bertz CT molecular complexity index is 392. The molecule has 5 heteroatoms. The van der Waals surface area contributed by atoms with Gasteiger partial charge >= 0.3 is 5.69 Å². The predicted molar refractivity (Wildman–Crippen MR) is 64.1 cm³/mol. The van der Waals surface area contributed by atoms with Crippen LogP contribution < -0.4 is 4.74 Å². The van der Waals surface area contributed by atoms with Gasteiger partial charge in [-0.05, 0) is 25.0 Å². The number of benzene rings is 1. The molecule has 1 atom stereocenters. The summed E-state index contributed by atoms with van der Waals surface area (Å²) < 4.78 is 5.17. The molecule has 0 radical (unpaired) electrons. The molecular formula is C12H17NO4. The van der Waals surface area contributed by atoms with Crippen LogP contribution in [0.5, 0.6) is 5.75 Å². The van der Waals surface area contributed by atoms with Gasteiger partial charge in [0.1, 0.15) is 0 Å². The SMILES string of the molecule is CCCC(O)c1ccc(OCC)c([N+](=O)[O-])c1. The Hall–Kier alpha value is -1.62. The molecule has 0 saturated heterocycles. The fourth-order valence-corrected chi connectivity index (χ4v) is 1.60. The first-order valence-electron chi connectivity index (χ1n) is 5.69. The summed E-state index contributed by atoms with van der Waals surface area (Å²) in [5, 5.41) is 20.7. The largest absolute Gasteiger partial charge is 0.487 e. The van der Waals surface area contributed by atoms with Gasteiger partial charge < -0.3 is 9.84 Å². The molecule has 1 N–H and O–H groups in total. The average Bonchev–Trinajstić information content (AvgIpc) is 2.30. The van der Waals surface area contributed by atoms with Gasteiger partial charge in [0.25, 0.3) is 0 Å². The number of nitrogens with zero attached hydrogens (tertiary/aromatic N) is 1. The van der Waals surface area contributed by atoms with Crippen molar-refractivity contribution in [2.45, 2.75) is 32.8 Å². The normalized spacial score (nSPS) is 12.2. The minimum absolute atomic E-state index is 0.0977. The Morgan fingerprint density at radius 1 is 1.47 bits per heavy atom. The van der Waals surface area contributed by atoms with Gasteiger partial charge in [0.05, 0.1) is 17.6 Å². The van der Waals surface area contributed by atoms with E-state index in [0.717, 1.165) is 6.42 Å². The van der Waals surface area contributed by atoms with E-state index in [-0.39, 0.29) is 11.4 Å². The quantitative estimate of drug-likeness (QED) is 0.612. The Morgan fingerprint density at radius 3 is 2.71 bits per heavy atom. The van der Waals surface area contributed by atoms with E-state index in [1.165, 1.54) is 12.1 Å². The van der Waals surface area contributed by atoms with Crippen molar-refractivity contribution < 1.29 is 14.8 Å². The van der Waals surface area contributed by atoms with Crippen molar-refractivity contribution in [1.29, 1.82) is 0 Å². The lowest BCUT2D eigenvalue weighted by atomic mass is 10.0. The van der Waals surface area contributed by atoms with E-state index < -0.39 is 11.0 Å². The highest BCUT2D eigenvalue weighted by atomic mass is 16.6. The summed E-state index contributed by atoms with van der Waals surface area (Å²) in [7, 11) is 0. The first-order valence-corrected chi connectivity index (χ1v) is 5.69. The number of ether oxygens (including phenoxy) is 1. The lowest BCUT2D eigenvalue weighted by Gasteiger charge is -2.11. The highest BCUT2D eigenvalue weighted by Gasteiger charge is 2.18. The Kier molecular flexibility index (Phi) is 4.90. The van der Waals surface area contributed by atoms with E-state index in [1.54, 1.807) is 13.0 Å². The van der Waals surface area contributed by atoms with Gasteiger partial charge in [0.15, 0.2) is 5.75 Å². The van der Waals surface area contributed by atoms with Crippen LogP contribution >= 0.6 is 0 Å². The molecule has 0 heterocycles. The van der Waals surface area contributed by atoms with Crippen molar-refractivity contribution in [2.75, 3.05) is 6.61 Å². The summed E-state index contributed by atoms with van der Waals surface area (Å²) >= 11 is 0. The van der Waals surface area contributed by atoms with Crippen LogP contribution in [0.4, 0.5) is 5.69 Å². The second-order valence-corrected chi connectivity index (χ2v) is 3.72. The highest BCUT2D eigenvalue weighted by molar-refractivity contribution is 5.49. The smallest absolute Gasteiger partial charge is 0.311 e. The van der Waals surface area contributed by atoms with Crippen LogP contribution in [-0.2, 0) is 0 Å². The first kappa shape index (κ1) is 13.4. The summed E-state index contributed by atoms with van der Waals surface area (Å²) in [6.07, 6.45) is 0.752. The van der Waals surface area contributed by atoms with E-state index in [9.17, 15) is 15.2 Å². The monoisotopic (exact) mass is 239 g/mol. The Labute approximate surface area is 100 Å². The molecule has 94 valence electrons. The molecular weight excluding hydrogens is 222 g/mol. The summed E-state index contributed by atoms with van der Waals surface area (Å²) in [5.74, 6) is 0.241. The zero-order valence-corrected chi connectivity index (χ0v) is 10.0. The fraction of sp³-hybridized carbons (Fsp3) is 0.500. The minimum atomic E-state index is -0.658. The van der Waals surface area contributed by atoms with Crippen LogP contribution in [-0.4, -0.2) is 16.6 Å². The fourth-order valence-electron chi connectivity index (χ4n) is 1.60. The van der Waals surface area contributed by atoms with Gasteiger partial charge in [0.2, 0.25) is 0 Å². The second-order valence-electron chi connectivity index (χ2n) is 3.72. The summed E-state index contributed by atoms with van der Waals surface area (Å²) in [4.78, 5) is 10.4. The Morgan fingerprint density at radius 2 is 2.18 bits per heavy atom. The molecule has 0 spiro atoms. The predicted octanol–water partition coefficient (Wildman–Crippen LogP) is 2.83. The third kappa shape index (κ3) is 3.42. The highest BCUT2D eigenvalue weighted by Crippen LogP contribution is 2.31. The zero-order chi connectivity index (χ0) is 12.8. The molecule has 0 amide bonds. The van der Waals surface area contributed by atoms with Crippen molar-refractivity contribution in [3.8, 4) is 5.75 Å².